The van der Waals surface area contributed by atoms with Crippen LogP contribution in [0.1, 0.15) is 45.4 Å². The van der Waals surface area contributed by atoms with Gasteiger partial charge in [-0.05, 0) is 32.1 Å². The predicted octanol–water partition coefficient (Wildman–Crippen LogP) is 1.89. The molecule has 2 fully saturated rings. The molecule has 2 saturated heterocycles. The normalized spacial score (nSPS) is 25.5. The fourth-order valence-electron chi connectivity index (χ4n) is 3.14. The SMILES string of the molecule is CCCC(=O)N1CCCCC1CCN1CCOCC1. The molecule has 19 heavy (non-hydrogen) atoms. The Labute approximate surface area is 117 Å². The van der Waals surface area contributed by atoms with Gasteiger partial charge in [-0.15, -0.1) is 0 Å². The van der Waals surface area contributed by atoms with Gasteiger partial charge in [0.15, 0.2) is 0 Å². The second kappa shape index (κ2) is 7.85. The summed E-state index contributed by atoms with van der Waals surface area (Å²) in [5, 5.41) is 0. The van der Waals surface area contributed by atoms with Crippen LogP contribution in [0.15, 0.2) is 0 Å². The molecule has 0 aromatic heterocycles. The summed E-state index contributed by atoms with van der Waals surface area (Å²) < 4.78 is 5.38. The van der Waals surface area contributed by atoms with Crippen molar-refractivity contribution in [3.05, 3.63) is 0 Å². The molecule has 1 atom stereocenters. The molecule has 2 heterocycles. The van der Waals surface area contributed by atoms with Gasteiger partial charge in [-0.2, -0.15) is 0 Å². The van der Waals surface area contributed by atoms with Crippen molar-refractivity contribution in [3.63, 3.8) is 0 Å². The van der Waals surface area contributed by atoms with Gasteiger partial charge < -0.3 is 9.64 Å². The van der Waals surface area contributed by atoms with Crippen molar-refractivity contribution < 1.29 is 9.53 Å². The molecule has 4 nitrogen and oxygen atoms in total. The van der Waals surface area contributed by atoms with E-state index in [2.05, 4.69) is 16.7 Å². The summed E-state index contributed by atoms with van der Waals surface area (Å²) in [5.41, 5.74) is 0. The molecular formula is C15H28N2O2. The van der Waals surface area contributed by atoms with E-state index in [1.54, 1.807) is 0 Å². The van der Waals surface area contributed by atoms with Crippen LogP contribution in [-0.4, -0.2) is 61.1 Å². The third-order valence-corrected chi connectivity index (χ3v) is 4.29. The lowest BCUT2D eigenvalue weighted by atomic mass is 9.98. The van der Waals surface area contributed by atoms with Crippen molar-refractivity contribution in [2.45, 2.75) is 51.5 Å². The van der Waals surface area contributed by atoms with Gasteiger partial charge in [-0.25, -0.2) is 0 Å². The first kappa shape index (κ1) is 14.8. The summed E-state index contributed by atoms with van der Waals surface area (Å²) in [4.78, 5) is 16.8. The number of hydrogen-bond donors (Lipinski definition) is 0. The zero-order valence-corrected chi connectivity index (χ0v) is 12.3. The average molecular weight is 268 g/mol. The lowest BCUT2D eigenvalue weighted by Gasteiger charge is -2.37. The van der Waals surface area contributed by atoms with Crippen molar-refractivity contribution >= 4 is 5.91 Å². The van der Waals surface area contributed by atoms with Crippen molar-refractivity contribution in [1.82, 2.24) is 9.80 Å². The Hall–Kier alpha value is -0.610. The zero-order valence-electron chi connectivity index (χ0n) is 12.3. The lowest BCUT2D eigenvalue weighted by molar-refractivity contribution is -0.135. The molecule has 110 valence electrons. The number of amides is 1. The number of carbonyl (C=O) groups is 1. The summed E-state index contributed by atoms with van der Waals surface area (Å²) in [6.45, 7) is 8.01. The Balaban J connectivity index is 1.79. The van der Waals surface area contributed by atoms with Crippen molar-refractivity contribution in [1.29, 1.82) is 0 Å². The van der Waals surface area contributed by atoms with Crippen LogP contribution in [-0.2, 0) is 9.53 Å². The molecule has 1 amide bonds. The van der Waals surface area contributed by atoms with Crippen LogP contribution >= 0.6 is 0 Å². The van der Waals surface area contributed by atoms with Crippen LogP contribution in [0.2, 0.25) is 0 Å². The fourth-order valence-corrected chi connectivity index (χ4v) is 3.14. The second-order valence-electron chi connectivity index (χ2n) is 5.73. The summed E-state index contributed by atoms with van der Waals surface area (Å²) in [6.07, 6.45) is 6.47. The van der Waals surface area contributed by atoms with Gasteiger partial charge in [-0.3, -0.25) is 9.69 Å². The minimum Gasteiger partial charge on any atom is -0.379 e. The maximum atomic E-state index is 12.2. The minimum atomic E-state index is 0.370. The highest BCUT2D eigenvalue weighted by molar-refractivity contribution is 5.76. The number of carbonyl (C=O) groups excluding carboxylic acids is 1. The Bertz CT molecular complexity index is 277. The van der Waals surface area contributed by atoms with Gasteiger partial charge in [0.1, 0.15) is 0 Å². The van der Waals surface area contributed by atoms with Crippen LogP contribution in [0.3, 0.4) is 0 Å². The molecule has 4 heteroatoms. The maximum absolute atomic E-state index is 12.2. The van der Waals surface area contributed by atoms with E-state index in [0.29, 0.717) is 18.4 Å². The number of likely N-dealkylation sites (tertiary alicyclic amines) is 1. The van der Waals surface area contributed by atoms with E-state index >= 15 is 0 Å². The molecular weight excluding hydrogens is 240 g/mol. The van der Waals surface area contributed by atoms with E-state index in [4.69, 9.17) is 4.74 Å². The van der Waals surface area contributed by atoms with Crippen LogP contribution in [0, 0.1) is 0 Å². The van der Waals surface area contributed by atoms with E-state index in [1.165, 1.54) is 19.3 Å². The van der Waals surface area contributed by atoms with E-state index in [0.717, 1.165) is 52.2 Å². The summed E-state index contributed by atoms with van der Waals surface area (Å²) in [6, 6.07) is 0.482. The summed E-state index contributed by atoms with van der Waals surface area (Å²) >= 11 is 0. The van der Waals surface area contributed by atoms with Crippen molar-refractivity contribution in [2.24, 2.45) is 0 Å². The van der Waals surface area contributed by atoms with E-state index in [9.17, 15) is 4.79 Å². The maximum Gasteiger partial charge on any atom is 0.222 e. The molecule has 0 aromatic rings. The Morgan fingerprint density at radius 2 is 2.00 bits per heavy atom. The number of rotatable bonds is 5. The van der Waals surface area contributed by atoms with Gasteiger partial charge in [0.2, 0.25) is 5.91 Å². The van der Waals surface area contributed by atoms with Gasteiger partial charge in [0, 0.05) is 38.6 Å². The first-order valence-electron chi connectivity index (χ1n) is 7.91. The van der Waals surface area contributed by atoms with Gasteiger partial charge in [-0.1, -0.05) is 6.92 Å². The Morgan fingerprint density at radius 1 is 1.21 bits per heavy atom. The topological polar surface area (TPSA) is 32.8 Å². The molecule has 2 aliphatic heterocycles. The molecule has 0 saturated carbocycles. The number of morpholine rings is 1. The standard InChI is InChI=1S/C15H28N2O2/c1-2-5-15(18)17-8-4-3-6-14(17)7-9-16-10-12-19-13-11-16/h14H,2-13H2,1H3. The quantitative estimate of drug-likeness (QED) is 0.763. The highest BCUT2D eigenvalue weighted by Crippen LogP contribution is 2.21. The van der Waals surface area contributed by atoms with E-state index in [-0.39, 0.29) is 0 Å². The highest BCUT2D eigenvalue weighted by Gasteiger charge is 2.26. The first-order chi connectivity index (χ1) is 9.31. The van der Waals surface area contributed by atoms with E-state index in [1.807, 2.05) is 0 Å². The van der Waals surface area contributed by atoms with Crippen LogP contribution < -0.4 is 0 Å². The highest BCUT2D eigenvalue weighted by atomic mass is 16.5. The summed E-state index contributed by atoms with van der Waals surface area (Å²) in [5.74, 6) is 0.370. The van der Waals surface area contributed by atoms with Gasteiger partial charge >= 0.3 is 0 Å². The smallest absolute Gasteiger partial charge is 0.222 e. The predicted molar refractivity (Wildman–Crippen MR) is 76.1 cm³/mol. The van der Waals surface area contributed by atoms with E-state index < -0.39 is 0 Å². The average Bonchev–Trinajstić information content (AvgIpc) is 2.47. The number of nitrogens with zero attached hydrogens (tertiary/aromatic N) is 2. The number of hydrogen-bond acceptors (Lipinski definition) is 3. The Morgan fingerprint density at radius 3 is 2.74 bits per heavy atom. The molecule has 0 radical (unpaired) electrons. The second-order valence-corrected chi connectivity index (χ2v) is 5.73. The molecule has 1 unspecified atom stereocenters. The minimum absolute atomic E-state index is 0.370. The fraction of sp³-hybridized carbons (Fsp3) is 0.933. The number of ether oxygens (including phenoxy) is 1. The monoisotopic (exact) mass is 268 g/mol. The first-order valence-corrected chi connectivity index (χ1v) is 7.91. The lowest BCUT2D eigenvalue weighted by Crippen LogP contribution is -2.46. The Kier molecular flexibility index (Phi) is 6.11. The van der Waals surface area contributed by atoms with Crippen molar-refractivity contribution in [3.8, 4) is 0 Å². The molecule has 0 aliphatic carbocycles. The van der Waals surface area contributed by atoms with Crippen LogP contribution in [0.5, 0.6) is 0 Å². The molecule has 0 bridgehead atoms. The number of piperidine rings is 1. The third kappa shape index (κ3) is 4.46. The van der Waals surface area contributed by atoms with Crippen LogP contribution in [0.25, 0.3) is 0 Å². The largest absolute Gasteiger partial charge is 0.379 e. The molecule has 0 N–H and O–H groups in total. The summed E-state index contributed by atoms with van der Waals surface area (Å²) in [7, 11) is 0. The molecule has 2 aliphatic rings. The van der Waals surface area contributed by atoms with Crippen molar-refractivity contribution in [2.75, 3.05) is 39.4 Å². The zero-order chi connectivity index (χ0) is 13.5. The molecule has 0 aromatic carbocycles. The molecule has 2 rings (SSSR count). The van der Waals surface area contributed by atoms with Crippen LogP contribution in [0.4, 0.5) is 0 Å². The molecule has 0 spiro atoms. The third-order valence-electron chi connectivity index (χ3n) is 4.29. The van der Waals surface area contributed by atoms with Gasteiger partial charge in [0.25, 0.3) is 0 Å². The van der Waals surface area contributed by atoms with Gasteiger partial charge in [0.05, 0.1) is 13.2 Å².